The summed E-state index contributed by atoms with van der Waals surface area (Å²) in [4.78, 5) is 15.4. The predicted molar refractivity (Wildman–Crippen MR) is 84.8 cm³/mol. The minimum Gasteiger partial charge on any atom is -0.539 e. The first kappa shape index (κ1) is 19.1. The lowest BCUT2D eigenvalue weighted by Crippen LogP contribution is -2.34. The molecule has 1 rings (SSSR count). The molecule has 0 saturated heterocycles. The van der Waals surface area contributed by atoms with Crippen molar-refractivity contribution in [1.82, 2.24) is 10.3 Å². The lowest BCUT2D eigenvalue weighted by molar-refractivity contribution is 0.0488. The average molecular weight is 326 g/mol. The highest BCUT2D eigenvalue weighted by Gasteiger charge is 2.15. The molecule has 0 spiro atoms. The molecule has 9 heteroatoms. The molecule has 2 N–H and O–H groups in total. The molecule has 8 nitrogen and oxygen atoms in total. The van der Waals surface area contributed by atoms with Crippen LogP contribution < -0.4 is 14.7 Å². The number of alkyl carbamates (subject to hydrolysis) is 1. The summed E-state index contributed by atoms with van der Waals surface area (Å²) in [5, 5.41) is 11.3. The molecule has 0 bridgehead atoms. The predicted octanol–water partition coefficient (Wildman–Crippen LogP) is 0.639. The molecule has 23 heavy (non-hydrogen) atoms. The standard InChI is InChI=1S/C14H23BN2O6/c1-14(2,3)22-13(18)17-6-7-20-8-9-21-12-10-11(23-15-19)4-5-16-12/h4-5,10,15,19H,6-9H2,1-3H3,(H,17,18). The first-order chi connectivity index (χ1) is 10.9. The minimum atomic E-state index is -0.514. The van der Waals surface area contributed by atoms with E-state index in [4.69, 9.17) is 23.9 Å². The van der Waals surface area contributed by atoms with Crippen LogP contribution in [0.25, 0.3) is 0 Å². The summed E-state index contributed by atoms with van der Waals surface area (Å²) >= 11 is 0. The van der Waals surface area contributed by atoms with Gasteiger partial charge in [-0.25, -0.2) is 9.78 Å². The van der Waals surface area contributed by atoms with E-state index in [1.54, 1.807) is 32.9 Å². The van der Waals surface area contributed by atoms with Crippen LogP contribution in [0.1, 0.15) is 20.8 Å². The Hall–Kier alpha value is -2.00. The quantitative estimate of drug-likeness (QED) is 0.507. The van der Waals surface area contributed by atoms with Gasteiger partial charge in [-0.05, 0) is 26.8 Å². The van der Waals surface area contributed by atoms with E-state index in [1.807, 2.05) is 0 Å². The highest BCUT2D eigenvalue weighted by molar-refractivity contribution is 6.17. The number of amides is 1. The average Bonchev–Trinajstić information content (AvgIpc) is 2.45. The van der Waals surface area contributed by atoms with Crippen LogP contribution in [0.5, 0.6) is 11.6 Å². The second kappa shape index (κ2) is 9.91. The first-order valence-corrected chi connectivity index (χ1v) is 7.28. The van der Waals surface area contributed by atoms with Gasteiger partial charge < -0.3 is 29.2 Å². The number of carbonyl (C=O) groups is 1. The van der Waals surface area contributed by atoms with Gasteiger partial charge in [0.2, 0.25) is 5.88 Å². The molecule has 0 radical (unpaired) electrons. The van der Waals surface area contributed by atoms with E-state index >= 15 is 0 Å². The maximum absolute atomic E-state index is 11.4. The molecule has 0 aliphatic carbocycles. The molecule has 0 aliphatic heterocycles. The Labute approximate surface area is 136 Å². The van der Waals surface area contributed by atoms with Crippen LogP contribution in [-0.4, -0.2) is 55.8 Å². The molecule has 0 aromatic carbocycles. The van der Waals surface area contributed by atoms with Crippen molar-refractivity contribution >= 4 is 13.8 Å². The van der Waals surface area contributed by atoms with Crippen LogP contribution in [-0.2, 0) is 9.47 Å². The van der Waals surface area contributed by atoms with Gasteiger partial charge in [-0.3, -0.25) is 0 Å². The molecule has 1 heterocycles. The van der Waals surface area contributed by atoms with Crippen LogP contribution in [0.4, 0.5) is 4.79 Å². The van der Waals surface area contributed by atoms with Crippen LogP contribution in [0.15, 0.2) is 18.3 Å². The molecule has 0 atom stereocenters. The van der Waals surface area contributed by atoms with E-state index in [-0.39, 0.29) is 0 Å². The molecule has 1 aromatic heterocycles. The zero-order valence-electron chi connectivity index (χ0n) is 13.7. The molecule has 128 valence electrons. The number of nitrogens with zero attached hydrogens (tertiary/aromatic N) is 1. The van der Waals surface area contributed by atoms with Gasteiger partial charge in [0, 0.05) is 18.8 Å². The molecule has 1 aromatic rings. The van der Waals surface area contributed by atoms with Gasteiger partial charge in [0.15, 0.2) is 0 Å². The molecular formula is C14H23BN2O6. The number of aromatic nitrogens is 1. The van der Waals surface area contributed by atoms with E-state index in [0.717, 1.165) is 0 Å². The van der Waals surface area contributed by atoms with Crippen molar-refractivity contribution in [2.45, 2.75) is 26.4 Å². The van der Waals surface area contributed by atoms with Gasteiger partial charge in [0.25, 0.3) is 0 Å². The Kier molecular flexibility index (Phi) is 8.21. The molecule has 0 saturated carbocycles. The topological polar surface area (TPSA) is 99.1 Å². The van der Waals surface area contributed by atoms with Crippen LogP contribution in [0.3, 0.4) is 0 Å². The number of hydrogen-bond acceptors (Lipinski definition) is 7. The minimum absolute atomic E-state index is 0.308. The summed E-state index contributed by atoms with van der Waals surface area (Å²) in [7, 11) is -0.406. The maximum atomic E-state index is 11.4. The van der Waals surface area contributed by atoms with Gasteiger partial charge >= 0.3 is 13.8 Å². The number of hydrogen-bond donors (Lipinski definition) is 2. The Morgan fingerprint density at radius 1 is 1.35 bits per heavy atom. The lowest BCUT2D eigenvalue weighted by Gasteiger charge is -2.19. The monoisotopic (exact) mass is 326 g/mol. The fourth-order valence-electron chi connectivity index (χ4n) is 1.48. The molecule has 1 amide bonds. The van der Waals surface area contributed by atoms with Crippen LogP contribution in [0, 0.1) is 0 Å². The van der Waals surface area contributed by atoms with Crippen LogP contribution >= 0.6 is 0 Å². The largest absolute Gasteiger partial charge is 0.539 e. The highest BCUT2D eigenvalue weighted by atomic mass is 16.6. The SMILES string of the molecule is CC(C)(C)OC(=O)NCCOCCOc1cc(OBO)ccn1. The Morgan fingerprint density at radius 2 is 2.13 bits per heavy atom. The van der Waals surface area contributed by atoms with Crippen molar-refractivity contribution in [2.24, 2.45) is 0 Å². The third kappa shape index (κ3) is 9.59. The third-order valence-corrected chi connectivity index (χ3v) is 2.33. The second-order valence-electron chi connectivity index (χ2n) is 5.49. The number of pyridine rings is 1. The van der Waals surface area contributed by atoms with Gasteiger partial charge in [-0.15, -0.1) is 0 Å². The summed E-state index contributed by atoms with van der Waals surface area (Å²) < 4.78 is 20.7. The van der Waals surface area contributed by atoms with E-state index in [9.17, 15) is 4.79 Å². The Morgan fingerprint density at radius 3 is 2.83 bits per heavy atom. The van der Waals surface area contributed by atoms with Gasteiger partial charge in [-0.2, -0.15) is 0 Å². The first-order valence-electron chi connectivity index (χ1n) is 7.28. The van der Waals surface area contributed by atoms with Crippen molar-refractivity contribution in [3.8, 4) is 11.6 Å². The number of carbonyl (C=O) groups excluding carboxylic acids is 1. The van der Waals surface area contributed by atoms with Crippen molar-refractivity contribution in [3.63, 3.8) is 0 Å². The second-order valence-corrected chi connectivity index (χ2v) is 5.49. The number of nitrogens with one attached hydrogen (secondary N) is 1. The molecular weight excluding hydrogens is 303 g/mol. The maximum Gasteiger partial charge on any atom is 0.504 e. The smallest absolute Gasteiger partial charge is 0.504 e. The Bertz CT molecular complexity index is 481. The summed E-state index contributed by atoms with van der Waals surface area (Å²) in [6.07, 6.45) is 1.05. The summed E-state index contributed by atoms with van der Waals surface area (Å²) in [5.41, 5.74) is -0.514. The molecule has 0 unspecified atom stereocenters. The van der Waals surface area contributed by atoms with Crippen molar-refractivity contribution in [1.29, 1.82) is 0 Å². The lowest BCUT2D eigenvalue weighted by atomic mass is 10.2. The summed E-state index contributed by atoms with van der Waals surface area (Å²) in [6, 6.07) is 3.18. The van der Waals surface area contributed by atoms with Gasteiger partial charge in [-0.1, -0.05) is 0 Å². The van der Waals surface area contributed by atoms with Gasteiger partial charge in [0.1, 0.15) is 18.0 Å². The third-order valence-electron chi connectivity index (χ3n) is 2.33. The highest BCUT2D eigenvalue weighted by Crippen LogP contribution is 2.15. The zero-order chi connectivity index (χ0) is 17.1. The normalized spacial score (nSPS) is 10.8. The van der Waals surface area contributed by atoms with Crippen molar-refractivity contribution < 1.29 is 28.7 Å². The van der Waals surface area contributed by atoms with E-state index < -0.39 is 19.4 Å². The number of ether oxygens (including phenoxy) is 3. The Balaban J connectivity index is 2.07. The summed E-state index contributed by atoms with van der Waals surface area (Å²) in [5.74, 6) is 0.853. The van der Waals surface area contributed by atoms with E-state index in [1.165, 1.54) is 6.20 Å². The van der Waals surface area contributed by atoms with Crippen LogP contribution in [0.2, 0.25) is 0 Å². The van der Waals surface area contributed by atoms with E-state index in [0.29, 0.717) is 38.0 Å². The zero-order valence-corrected chi connectivity index (χ0v) is 13.7. The number of rotatable bonds is 9. The molecule has 0 aliphatic rings. The fraction of sp³-hybridized carbons (Fsp3) is 0.571. The summed E-state index contributed by atoms with van der Waals surface area (Å²) in [6.45, 7) is 6.76. The van der Waals surface area contributed by atoms with Crippen molar-refractivity contribution in [2.75, 3.05) is 26.4 Å². The molecule has 0 fully saturated rings. The van der Waals surface area contributed by atoms with Gasteiger partial charge in [0.05, 0.1) is 13.2 Å². The van der Waals surface area contributed by atoms with Crippen molar-refractivity contribution in [3.05, 3.63) is 18.3 Å². The fourth-order valence-corrected chi connectivity index (χ4v) is 1.48. The van der Waals surface area contributed by atoms with E-state index in [2.05, 4.69) is 10.3 Å².